The van der Waals surface area contributed by atoms with Gasteiger partial charge in [0.25, 0.3) is 0 Å². The van der Waals surface area contributed by atoms with Crippen LogP contribution in [-0.2, 0) is 14.3 Å². The molecule has 0 bridgehead atoms. The Morgan fingerprint density at radius 1 is 1.17 bits per heavy atom. The molecule has 29 heavy (non-hydrogen) atoms. The van der Waals surface area contributed by atoms with Crippen molar-refractivity contribution in [2.45, 2.75) is 65.0 Å². The van der Waals surface area contributed by atoms with Crippen LogP contribution in [0.4, 0.5) is 4.79 Å². The van der Waals surface area contributed by atoms with Gasteiger partial charge in [0.15, 0.2) is 5.96 Å². The maximum atomic E-state index is 12.4. The third-order valence-electron chi connectivity index (χ3n) is 4.88. The van der Waals surface area contributed by atoms with Crippen molar-refractivity contribution in [1.82, 2.24) is 15.1 Å². The number of amides is 1. The molecular weight excluding hydrogens is 487 g/mol. The Labute approximate surface area is 191 Å². The van der Waals surface area contributed by atoms with E-state index in [1.807, 2.05) is 32.6 Å². The van der Waals surface area contributed by atoms with Gasteiger partial charge in [0.05, 0.1) is 12.5 Å². The lowest BCUT2D eigenvalue weighted by Gasteiger charge is -2.33. The first-order chi connectivity index (χ1) is 13.2. The first kappa shape index (κ1) is 25.8. The van der Waals surface area contributed by atoms with E-state index in [0.29, 0.717) is 25.7 Å². The highest BCUT2D eigenvalue weighted by Crippen LogP contribution is 2.28. The summed E-state index contributed by atoms with van der Waals surface area (Å²) in [5.74, 6) is 0.691. The molecule has 1 N–H and O–H groups in total. The molecule has 1 saturated carbocycles. The number of halogens is 1. The highest BCUT2D eigenvalue weighted by atomic mass is 127. The molecule has 2 aliphatic rings. The van der Waals surface area contributed by atoms with Crippen LogP contribution in [0, 0.1) is 5.92 Å². The number of rotatable bonds is 6. The monoisotopic (exact) mass is 524 g/mol. The van der Waals surface area contributed by atoms with E-state index < -0.39 is 5.60 Å². The number of guanidine groups is 1. The molecular formula is C20H37IN4O4. The summed E-state index contributed by atoms with van der Waals surface area (Å²) < 4.78 is 10.7. The minimum absolute atomic E-state index is 0. The molecule has 8 nitrogen and oxygen atoms in total. The second-order valence-electron chi connectivity index (χ2n) is 8.39. The first-order valence-electron chi connectivity index (χ1n) is 10.4. The summed E-state index contributed by atoms with van der Waals surface area (Å²) in [4.78, 5) is 32.7. The van der Waals surface area contributed by atoms with Crippen LogP contribution in [0.15, 0.2) is 4.99 Å². The van der Waals surface area contributed by atoms with Gasteiger partial charge in [-0.25, -0.2) is 4.79 Å². The molecule has 1 aliphatic carbocycles. The van der Waals surface area contributed by atoms with Crippen molar-refractivity contribution in [3.05, 3.63) is 0 Å². The Morgan fingerprint density at radius 2 is 1.79 bits per heavy atom. The smallest absolute Gasteiger partial charge is 0.410 e. The van der Waals surface area contributed by atoms with E-state index in [1.54, 1.807) is 7.05 Å². The number of nitrogens with one attached hydrogen (secondary N) is 1. The summed E-state index contributed by atoms with van der Waals surface area (Å²) in [5.41, 5.74) is -0.489. The molecule has 0 unspecified atom stereocenters. The summed E-state index contributed by atoms with van der Waals surface area (Å²) in [7, 11) is 1.76. The van der Waals surface area contributed by atoms with Crippen LogP contribution in [0.25, 0.3) is 0 Å². The van der Waals surface area contributed by atoms with Crippen LogP contribution in [-0.4, -0.2) is 79.3 Å². The van der Waals surface area contributed by atoms with E-state index in [0.717, 1.165) is 44.7 Å². The van der Waals surface area contributed by atoms with E-state index in [-0.39, 0.29) is 42.0 Å². The molecule has 0 aromatic heterocycles. The number of aliphatic imine (C=N–C) groups is 1. The molecule has 0 radical (unpaired) electrons. The molecule has 1 amide bonds. The van der Waals surface area contributed by atoms with Gasteiger partial charge in [0, 0.05) is 39.3 Å². The maximum Gasteiger partial charge on any atom is 0.410 e. The van der Waals surface area contributed by atoms with Crippen LogP contribution in [0.5, 0.6) is 0 Å². The summed E-state index contributed by atoms with van der Waals surface area (Å²) in [6.07, 6.45) is 3.36. The molecule has 0 atom stereocenters. The van der Waals surface area contributed by atoms with Crippen molar-refractivity contribution in [3.8, 4) is 0 Å². The average Bonchev–Trinajstić information content (AvgIpc) is 3.45. The Morgan fingerprint density at radius 3 is 2.28 bits per heavy atom. The fourth-order valence-corrected chi connectivity index (χ4v) is 3.34. The molecule has 0 aromatic rings. The lowest BCUT2D eigenvalue weighted by atomic mass is 9.97. The van der Waals surface area contributed by atoms with E-state index in [4.69, 9.17) is 9.47 Å². The largest absolute Gasteiger partial charge is 0.466 e. The molecule has 2 rings (SSSR count). The third kappa shape index (κ3) is 8.55. The predicted molar refractivity (Wildman–Crippen MR) is 124 cm³/mol. The van der Waals surface area contributed by atoms with Crippen LogP contribution in [0.3, 0.4) is 0 Å². The second kappa shape index (κ2) is 11.8. The SMILES string of the molecule is CCOC(=O)C1CCN(C(=NC)NCCN(C(=O)OC(C)(C)C)C2CC2)CC1.I. The van der Waals surface area contributed by atoms with Gasteiger partial charge in [-0.2, -0.15) is 0 Å². The summed E-state index contributed by atoms with van der Waals surface area (Å²) in [6, 6.07) is 0.291. The van der Waals surface area contributed by atoms with Crippen molar-refractivity contribution in [2.75, 3.05) is 39.8 Å². The van der Waals surface area contributed by atoms with E-state index in [9.17, 15) is 9.59 Å². The minimum atomic E-state index is -0.489. The summed E-state index contributed by atoms with van der Waals surface area (Å²) >= 11 is 0. The standard InChI is InChI=1S/C20H36N4O4.HI/c1-6-27-17(25)15-9-12-23(13-10-15)18(21-5)22-11-14-24(16-7-8-16)19(26)28-20(2,3)4;/h15-16H,6-14H2,1-5H3,(H,21,22);1H. The second-order valence-corrected chi connectivity index (χ2v) is 8.39. The van der Waals surface area contributed by atoms with Crippen LogP contribution in [0.2, 0.25) is 0 Å². The lowest BCUT2D eigenvalue weighted by Crippen LogP contribution is -2.49. The number of esters is 1. The lowest BCUT2D eigenvalue weighted by molar-refractivity contribution is -0.149. The van der Waals surface area contributed by atoms with Gasteiger partial charge in [0.1, 0.15) is 5.60 Å². The Kier molecular flexibility index (Phi) is 10.5. The quantitative estimate of drug-likeness (QED) is 0.249. The molecule has 0 spiro atoms. The molecule has 0 aromatic carbocycles. The summed E-state index contributed by atoms with van der Waals surface area (Å²) in [5, 5.41) is 3.35. The van der Waals surface area contributed by atoms with Gasteiger partial charge in [-0.3, -0.25) is 9.79 Å². The molecule has 9 heteroatoms. The number of piperidine rings is 1. The van der Waals surface area contributed by atoms with E-state index in [2.05, 4.69) is 15.2 Å². The number of ether oxygens (including phenoxy) is 2. The van der Waals surface area contributed by atoms with Crippen LogP contribution < -0.4 is 5.32 Å². The van der Waals surface area contributed by atoms with Gasteiger partial charge < -0.3 is 24.6 Å². The zero-order valence-corrected chi connectivity index (χ0v) is 20.7. The van der Waals surface area contributed by atoms with Crippen molar-refractivity contribution >= 4 is 42.0 Å². The normalized spacial score (nSPS) is 18.0. The number of carbonyl (C=O) groups is 2. The zero-order chi connectivity index (χ0) is 20.7. The van der Waals surface area contributed by atoms with Gasteiger partial charge in [0.2, 0.25) is 0 Å². The van der Waals surface area contributed by atoms with Crippen molar-refractivity contribution in [3.63, 3.8) is 0 Å². The highest BCUT2D eigenvalue weighted by molar-refractivity contribution is 14.0. The molecule has 168 valence electrons. The Bertz CT molecular complexity index is 567. The van der Waals surface area contributed by atoms with Crippen LogP contribution in [0.1, 0.15) is 53.4 Å². The van der Waals surface area contributed by atoms with Crippen LogP contribution >= 0.6 is 24.0 Å². The fraction of sp³-hybridized carbons (Fsp3) is 0.850. The van der Waals surface area contributed by atoms with Gasteiger partial charge in [-0.1, -0.05) is 0 Å². The number of likely N-dealkylation sites (tertiary alicyclic amines) is 1. The molecule has 2 fully saturated rings. The van der Waals surface area contributed by atoms with E-state index in [1.165, 1.54) is 0 Å². The average molecular weight is 524 g/mol. The van der Waals surface area contributed by atoms with Gasteiger partial charge >= 0.3 is 12.1 Å². The number of carbonyl (C=O) groups excluding carboxylic acids is 2. The zero-order valence-electron chi connectivity index (χ0n) is 18.4. The predicted octanol–water partition coefficient (Wildman–Crippen LogP) is 2.85. The Balaban J connectivity index is 0.00000420. The maximum absolute atomic E-state index is 12.4. The van der Waals surface area contributed by atoms with Crippen molar-refractivity contribution in [1.29, 1.82) is 0 Å². The number of hydrogen-bond donors (Lipinski definition) is 1. The highest BCUT2D eigenvalue weighted by Gasteiger charge is 2.35. The number of nitrogens with zero attached hydrogens (tertiary/aromatic N) is 3. The first-order valence-corrected chi connectivity index (χ1v) is 10.4. The van der Waals surface area contributed by atoms with Gasteiger partial charge in [-0.05, 0) is 53.4 Å². The molecule has 1 saturated heterocycles. The fourth-order valence-electron chi connectivity index (χ4n) is 3.34. The molecule has 1 heterocycles. The molecule has 1 aliphatic heterocycles. The van der Waals surface area contributed by atoms with E-state index >= 15 is 0 Å². The Hall–Kier alpha value is -1.26. The van der Waals surface area contributed by atoms with Crippen molar-refractivity contribution in [2.24, 2.45) is 10.9 Å². The third-order valence-corrected chi connectivity index (χ3v) is 4.88. The number of hydrogen-bond acceptors (Lipinski definition) is 5. The summed E-state index contributed by atoms with van der Waals surface area (Å²) in [6.45, 7) is 10.6. The minimum Gasteiger partial charge on any atom is -0.466 e. The topological polar surface area (TPSA) is 83.5 Å². The van der Waals surface area contributed by atoms with Gasteiger partial charge in [-0.15, -0.1) is 24.0 Å². The van der Waals surface area contributed by atoms with Crippen molar-refractivity contribution < 1.29 is 19.1 Å².